The van der Waals surface area contributed by atoms with Crippen LogP contribution in [0.2, 0.25) is 5.02 Å². The predicted molar refractivity (Wildman–Crippen MR) is 107 cm³/mol. The van der Waals surface area contributed by atoms with Crippen molar-refractivity contribution in [1.82, 2.24) is 4.90 Å². The lowest BCUT2D eigenvalue weighted by atomic mass is 10.1. The zero-order valence-electron chi connectivity index (χ0n) is 14.1. The fourth-order valence-corrected chi connectivity index (χ4v) is 3.38. The minimum atomic E-state index is 0.787. The molecule has 5 heteroatoms. The van der Waals surface area contributed by atoms with Crippen molar-refractivity contribution in [2.75, 3.05) is 36.4 Å². The number of aryl methyl sites for hydroxylation is 2. The van der Waals surface area contributed by atoms with E-state index in [4.69, 9.17) is 23.8 Å². The molecule has 24 heavy (non-hydrogen) atoms. The van der Waals surface area contributed by atoms with Crippen LogP contribution in [0.15, 0.2) is 42.5 Å². The molecule has 0 saturated carbocycles. The molecule has 3 nitrogen and oxygen atoms in total. The van der Waals surface area contributed by atoms with Gasteiger partial charge >= 0.3 is 0 Å². The van der Waals surface area contributed by atoms with Crippen LogP contribution in [0.25, 0.3) is 0 Å². The first-order valence-corrected chi connectivity index (χ1v) is 8.95. The normalized spacial score (nSPS) is 14.6. The van der Waals surface area contributed by atoms with E-state index in [-0.39, 0.29) is 0 Å². The first-order chi connectivity index (χ1) is 11.5. The van der Waals surface area contributed by atoms with Crippen molar-refractivity contribution in [3.63, 3.8) is 0 Å². The maximum Gasteiger partial charge on any atom is 0.173 e. The van der Waals surface area contributed by atoms with Crippen molar-refractivity contribution >= 4 is 40.3 Å². The summed E-state index contributed by atoms with van der Waals surface area (Å²) >= 11 is 11.7. The largest absolute Gasteiger partial charge is 0.368 e. The van der Waals surface area contributed by atoms with Gasteiger partial charge in [0.1, 0.15) is 0 Å². The topological polar surface area (TPSA) is 18.5 Å². The Balaban J connectivity index is 1.59. The fourth-order valence-electron chi connectivity index (χ4n) is 2.91. The van der Waals surface area contributed by atoms with Crippen LogP contribution >= 0.6 is 23.8 Å². The van der Waals surface area contributed by atoms with E-state index >= 15 is 0 Å². The summed E-state index contributed by atoms with van der Waals surface area (Å²) in [6.07, 6.45) is 0. The predicted octanol–water partition coefficient (Wildman–Crippen LogP) is 4.48. The van der Waals surface area contributed by atoms with Crippen LogP contribution in [-0.2, 0) is 0 Å². The lowest BCUT2D eigenvalue weighted by Crippen LogP contribution is -2.50. The van der Waals surface area contributed by atoms with E-state index in [0.29, 0.717) is 0 Å². The second kappa shape index (κ2) is 7.41. The Kier molecular flexibility index (Phi) is 5.27. The molecule has 1 aliphatic heterocycles. The zero-order valence-corrected chi connectivity index (χ0v) is 15.6. The number of thiocarbonyl (C=S) groups is 1. The number of hydrogen-bond donors (Lipinski definition) is 1. The Morgan fingerprint density at radius 1 is 1.00 bits per heavy atom. The highest BCUT2D eigenvalue weighted by molar-refractivity contribution is 7.80. The average molecular weight is 360 g/mol. The van der Waals surface area contributed by atoms with Gasteiger partial charge in [-0.2, -0.15) is 0 Å². The van der Waals surface area contributed by atoms with E-state index in [9.17, 15) is 0 Å². The summed E-state index contributed by atoms with van der Waals surface area (Å²) in [7, 11) is 0. The van der Waals surface area contributed by atoms with Crippen LogP contribution in [0.4, 0.5) is 11.4 Å². The van der Waals surface area contributed by atoms with E-state index in [1.54, 1.807) is 0 Å². The minimum Gasteiger partial charge on any atom is -0.368 e. The molecule has 1 heterocycles. The molecule has 0 aliphatic carbocycles. The first kappa shape index (κ1) is 17.1. The van der Waals surface area contributed by atoms with Gasteiger partial charge in [0, 0.05) is 42.6 Å². The van der Waals surface area contributed by atoms with Crippen molar-refractivity contribution in [1.29, 1.82) is 0 Å². The molecule has 1 fully saturated rings. The molecule has 0 unspecified atom stereocenters. The number of piperazine rings is 1. The van der Waals surface area contributed by atoms with Crippen molar-refractivity contribution < 1.29 is 0 Å². The highest BCUT2D eigenvalue weighted by Crippen LogP contribution is 2.25. The smallest absolute Gasteiger partial charge is 0.173 e. The number of nitrogens with zero attached hydrogens (tertiary/aromatic N) is 2. The molecule has 2 aromatic rings. The van der Waals surface area contributed by atoms with E-state index in [2.05, 4.69) is 65.4 Å². The number of nitrogens with one attached hydrogen (secondary N) is 1. The molecule has 0 spiro atoms. The lowest BCUT2D eigenvalue weighted by molar-refractivity contribution is 0.390. The van der Waals surface area contributed by atoms with E-state index in [0.717, 1.165) is 42.0 Å². The van der Waals surface area contributed by atoms with Crippen LogP contribution in [-0.4, -0.2) is 36.2 Å². The van der Waals surface area contributed by atoms with Crippen LogP contribution in [0, 0.1) is 13.8 Å². The highest BCUT2D eigenvalue weighted by Gasteiger charge is 2.20. The summed E-state index contributed by atoms with van der Waals surface area (Å²) in [5, 5.41) is 4.91. The minimum absolute atomic E-state index is 0.787. The molecular formula is C19H22ClN3S. The Morgan fingerprint density at radius 3 is 2.33 bits per heavy atom. The second-order valence-electron chi connectivity index (χ2n) is 6.20. The Hall–Kier alpha value is -1.78. The molecule has 0 atom stereocenters. The quantitative estimate of drug-likeness (QED) is 0.797. The van der Waals surface area contributed by atoms with Crippen molar-refractivity contribution in [2.24, 2.45) is 0 Å². The van der Waals surface area contributed by atoms with E-state index in [1.807, 2.05) is 6.07 Å². The number of halogens is 1. The fraction of sp³-hybridized carbons (Fsp3) is 0.316. The van der Waals surface area contributed by atoms with Crippen molar-refractivity contribution in [2.45, 2.75) is 13.8 Å². The second-order valence-corrected chi connectivity index (χ2v) is 7.02. The van der Waals surface area contributed by atoms with Crippen LogP contribution in [0.3, 0.4) is 0 Å². The van der Waals surface area contributed by atoms with Gasteiger partial charge in [-0.25, -0.2) is 0 Å². The Morgan fingerprint density at radius 2 is 1.67 bits per heavy atom. The third-order valence-electron chi connectivity index (χ3n) is 4.38. The third kappa shape index (κ3) is 4.00. The van der Waals surface area contributed by atoms with Crippen LogP contribution in [0.5, 0.6) is 0 Å². The molecule has 1 aliphatic rings. The molecule has 2 aromatic carbocycles. The summed E-state index contributed by atoms with van der Waals surface area (Å²) < 4.78 is 0. The number of benzene rings is 2. The first-order valence-electron chi connectivity index (χ1n) is 8.16. The number of rotatable bonds is 2. The summed E-state index contributed by atoms with van der Waals surface area (Å²) in [6, 6.07) is 14.4. The number of hydrogen-bond acceptors (Lipinski definition) is 2. The zero-order chi connectivity index (χ0) is 17.1. The van der Waals surface area contributed by atoms with Gasteiger partial charge in [0.15, 0.2) is 5.11 Å². The van der Waals surface area contributed by atoms with Gasteiger partial charge in [-0.05, 0) is 55.9 Å². The van der Waals surface area contributed by atoms with E-state index in [1.165, 1.54) is 16.8 Å². The molecule has 0 radical (unpaired) electrons. The monoisotopic (exact) mass is 359 g/mol. The summed E-state index contributed by atoms with van der Waals surface area (Å²) in [6.45, 7) is 7.90. The SMILES string of the molecule is Cc1ccc(NC(=S)N2CCN(c3cc(Cl)ccc3C)CC2)cc1. The number of anilines is 2. The summed E-state index contributed by atoms with van der Waals surface area (Å²) in [5.41, 5.74) is 4.77. The molecule has 3 rings (SSSR count). The van der Waals surface area contributed by atoms with Crippen LogP contribution in [0.1, 0.15) is 11.1 Å². The molecule has 1 N–H and O–H groups in total. The Labute approximate surface area is 154 Å². The van der Waals surface area contributed by atoms with Gasteiger partial charge in [-0.3, -0.25) is 0 Å². The van der Waals surface area contributed by atoms with Crippen LogP contribution < -0.4 is 10.2 Å². The third-order valence-corrected chi connectivity index (χ3v) is 4.98. The molecular weight excluding hydrogens is 338 g/mol. The molecule has 0 aromatic heterocycles. The molecule has 126 valence electrons. The molecule has 1 saturated heterocycles. The van der Waals surface area contributed by atoms with Gasteiger partial charge < -0.3 is 15.1 Å². The summed E-state index contributed by atoms with van der Waals surface area (Å²) in [5.74, 6) is 0. The van der Waals surface area contributed by atoms with Crippen molar-refractivity contribution in [3.05, 3.63) is 58.6 Å². The maximum atomic E-state index is 6.15. The van der Waals surface area contributed by atoms with Gasteiger partial charge in [0.2, 0.25) is 0 Å². The molecule has 0 bridgehead atoms. The van der Waals surface area contributed by atoms with Gasteiger partial charge in [0.05, 0.1) is 0 Å². The highest BCUT2D eigenvalue weighted by atomic mass is 35.5. The lowest BCUT2D eigenvalue weighted by Gasteiger charge is -2.38. The van der Waals surface area contributed by atoms with Gasteiger partial charge in [-0.15, -0.1) is 0 Å². The average Bonchev–Trinajstić information content (AvgIpc) is 2.59. The standard InChI is InChI=1S/C19H22ClN3S/c1-14-3-7-17(8-4-14)21-19(24)23-11-9-22(10-12-23)18-13-16(20)6-5-15(18)2/h3-8,13H,9-12H2,1-2H3,(H,21,24). The summed E-state index contributed by atoms with van der Waals surface area (Å²) in [4.78, 5) is 4.61. The van der Waals surface area contributed by atoms with Gasteiger partial charge in [-0.1, -0.05) is 35.4 Å². The van der Waals surface area contributed by atoms with Gasteiger partial charge in [0.25, 0.3) is 0 Å². The van der Waals surface area contributed by atoms with E-state index < -0.39 is 0 Å². The van der Waals surface area contributed by atoms with Crippen molar-refractivity contribution in [3.8, 4) is 0 Å². The Bertz CT molecular complexity index is 722. The molecule has 0 amide bonds. The maximum absolute atomic E-state index is 6.15.